The van der Waals surface area contributed by atoms with E-state index in [2.05, 4.69) is 12.0 Å². The fourth-order valence-corrected chi connectivity index (χ4v) is 3.88. The van der Waals surface area contributed by atoms with E-state index >= 15 is 0 Å². The van der Waals surface area contributed by atoms with Gasteiger partial charge in [-0.25, -0.2) is 4.31 Å². The van der Waals surface area contributed by atoms with Gasteiger partial charge in [-0.15, -0.1) is 0 Å². The standard InChI is InChI=1S/C20H26N4O4S/c1-15-4-3-5-16(12-15)24-19(25)18(28-14-20(2)6-7-20)17(13-21-24)22-8-10-23(11-9-22)29(26)27/h3-5,12-13H,6-11,14H2,1-2H3,(H,26,27)/p-1. The molecule has 1 aliphatic heterocycles. The highest BCUT2D eigenvalue weighted by atomic mass is 32.2. The molecule has 1 saturated carbocycles. The van der Waals surface area contributed by atoms with E-state index < -0.39 is 11.3 Å². The van der Waals surface area contributed by atoms with Gasteiger partial charge in [-0.05, 0) is 37.5 Å². The lowest BCUT2D eigenvalue weighted by atomic mass is 10.2. The van der Waals surface area contributed by atoms with Gasteiger partial charge in [-0.3, -0.25) is 9.00 Å². The van der Waals surface area contributed by atoms with Crippen molar-refractivity contribution in [2.75, 3.05) is 37.7 Å². The van der Waals surface area contributed by atoms with Gasteiger partial charge in [0.1, 0.15) is 5.69 Å². The van der Waals surface area contributed by atoms with Crippen molar-refractivity contribution in [3.63, 3.8) is 0 Å². The summed E-state index contributed by atoms with van der Waals surface area (Å²) in [5.41, 5.74) is 2.18. The summed E-state index contributed by atoms with van der Waals surface area (Å²) >= 11 is -2.23. The van der Waals surface area contributed by atoms with Crippen LogP contribution in [0.25, 0.3) is 5.69 Å². The summed E-state index contributed by atoms with van der Waals surface area (Å²) < 4.78 is 31.2. The van der Waals surface area contributed by atoms with Crippen LogP contribution >= 0.6 is 0 Å². The normalized spacial score (nSPS) is 19.8. The van der Waals surface area contributed by atoms with E-state index in [0.29, 0.717) is 44.2 Å². The predicted molar refractivity (Wildman–Crippen MR) is 110 cm³/mol. The van der Waals surface area contributed by atoms with E-state index in [1.807, 2.05) is 36.1 Å². The maximum atomic E-state index is 13.3. The lowest BCUT2D eigenvalue weighted by Gasteiger charge is -2.36. The fourth-order valence-electron chi connectivity index (χ4n) is 3.42. The van der Waals surface area contributed by atoms with Gasteiger partial charge in [0.2, 0.25) is 5.75 Å². The molecule has 1 aliphatic carbocycles. The van der Waals surface area contributed by atoms with Crippen molar-refractivity contribution in [2.45, 2.75) is 26.7 Å². The number of ether oxygens (including phenoxy) is 1. The lowest BCUT2D eigenvalue weighted by Crippen LogP contribution is -2.47. The molecule has 8 nitrogen and oxygen atoms in total. The third kappa shape index (κ3) is 4.36. The lowest BCUT2D eigenvalue weighted by molar-refractivity contribution is 0.242. The number of piperazine rings is 1. The molecule has 1 aromatic carbocycles. The van der Waals surface area contributed by atoms with Gasteiger partial charge in [-0.1, -0.05) is 19.1 Å². The van der Waals surface area contributed by atoms with Crippen LogP contribution in [0, 0.1) is 12.3 Å². The molecule has 1 aromatic heterocycles. The number of aromatic nitrogens is 2. The fraction of sp³-hybridized carbons (Fsp3) is 0.500. The average molecular weight is 418 g/mol. The van der Waals surface area contributed by atoms with E-state index in [0.717, 1.165) is 18.4 Å². The first-order valence-electron chi connectivity index (χ1n) is 9.78. The highest BCUT2D eigenvalue weighted by molar-refractivity contribution is 7.76. The SMILES string of the molecule is Cc1cccc(-n2ncc(N3CCN(S(=O)[O-])CC3)c(OCC3(C)CC3)c2=O)c1. The van der Waals surface area contributed by atoms with Gasteiger partial charge in [0, 0.05) is 42.9 Å². The molecule has 0 radical (unpaired) electrons. The zero-order valence-corrected chi connectivity index (χ0v) is 17.5. The largest absolute Gasteiger partial charge is 0.760 e. The Morgan fingerprint density at radius 2 is 1.97 bits per heavy atom. The molecule has 1 saturated heterocycles. The molecule has 2 aromatic rings. The van der Waals surface area contributed by atoms with Crippen molar-refractivity contribution in [3.05, 3.63) is 46.4 Å². The highest BCUT2D eigenvalue weighted by Crippen LogP contribution is 2.45. The zero-order valence-electron chi connectivity index (χ0n) is 16.7. The van der Waals surface area contributed by atoms with E-state index in [1.54, 1.807) is 6.20 Å². The number of hydrogen-bond donors (Lipinski definition) is 0. The molecule has 156 valence electrons. The second kappa shape index (κ2) is 7.89. The topological polar surface area (TPSA) is 90.7 Å². The third-order valence-corrected chi connectivity index (χ3v) is 6.41. The van der Waals surface area contributed by atoms with Crippen LogP contribution < -0.4 is 15.2 Å². The minimum atomic E-state index is -2.23. The maximum Gasteiger partial charge on any atom is 0.316 e. The van der Waals surface area contributed by atoms with E-state index in [-0.39, 0.29) is 16.7 Å². The van der Waals surface area contributed by atoms with E-state index in [4.69, 9.17) is 4.74 Å². The summed E-state index contributed by atoms with van der Waals surface area (Å²) in [6, 6.07) is 7.60. The molecule has 9 heteroatoms. The molecule has 2 fully saturated rings. The third-order valence-electron chi connectivity index (χ3n) is 5.62. The molecule has 2 aliphatic rings. The van der Waals surface area contributed by atoms with Crippen LogP contribution in [0.4, 0.5) is 5.69 Å². The number of aryl methyl sites for hydroxylation is 1. The monoisotopic (exact) mass is 417 g/mol. The van der Waals surface area contributed by atoms with Crippen LogP contribution in [-0.2, 0) is 11.3 Å². The Labute approximate surface area is 172 Å². The summed E-state index contributed by atoms with van der Waals surface area (Å²) in [4.78, 5) is 15.3. The van der Waals surface area contributed by atoms with Crippen LogP contribution in [0.2, 0.25) is 0 Å². The summed E-state index contributed by atoms with van der Waals surface area (Å²) in [6.45, 7) is 6.30. The van der Waals surface area contributed by atoms with Crippen LogP contribution in [0.15, 0.2) is 35.3 Å². The Kier molecular flexibility index (Phi) is 5.46. The summed E-state index contributed by atoms with van der Waals surface area (Å²) in [6.07, 6.45) is 3.83. The molecule has 0 amide bonds. The van der Waals surface area contributed by atoms with Gasteiger partial charge in [0.05, 0.1) is 18.5 Å². The quantitative estimate of drug-likeness (QED) is 0.664. The van der Waals surface area contributed by atoms with Crippen molar-refractivity contribution >= 4 is 17.0 Å². The number of benzene rings is 1. The minimum Gasteiger partial charge on any atom is -0.760 e. The molecule has 0 spiro atoms. The summed E-state index contributed by atoms with van der Waals surface area (Å²) in [5, 5.41) is 4.39. The van der Waals surface area contributed by atoms with Crippen molar-refractivity contribution < 1.29 is 13.5 Å². The molecule has 1 atom stereocenters. The molecule has 29 heavy (non-hydrogen) atoms. The minimum absolute atomic E-state index is 0.124. The molecule has 0 N–H and O–H groups in total. The van der Waals surface area contributed by atoms with Gasteiger partial charge in [0.25, 0.3) is 0 Å². The molecular weight excluding hydrogens is 392 g/mol. The van der Waals surface area contributed by atoms with Gasteiger partial charge < -0.3 is 14.2 Å². The number of nitrogens with zero attached hydrogens (tertiary/aromatic N) is 4. The first-order chi connectivity index (χ1) is 13.9. The highest BCUT2D eigenvalue weighted by Gasteiger charge is 2.39. The molecular formula is C20H25N4O4S-. The van der Waals surface area contributed by atoms with Gasteiger partial charge >= 0.3 is 5.56 Å². The molecule has 4 rings (SSSR count). The van der Waals surface area contributed by atoms with Gasteiger partial charge in [-0.2, -0.15) is 9.78 Å². The van der Waals surface area contributed by atoms with Crippen LogP contribution in [0.3, 0.4) is 0 Å². The van der Waals surface area contributed by atoms with Crippen LogP contribution in [0.1, 0.15) is 25.3 Å². The van der Waals surface area contributed by atoms with Crippen molar-refractivity contribution in [1.82, 2.24) is 14.1 Å². The Morgan fingerprint density at radius 3 is 2.59 bits per heavy atom. The van der Waals surface area contributed by atoms with Crippen molar-refractivity contribution in [3.8, 4) is 11.4 Å². The second-order valence-corrected chi connectivity index (χ2v) is 9.10. The van der Waals surface area contributed by atoms with E-state index in [1.165, 1.54) is 8.99 Å². The second-order valence-electron chi connectivity index (χ2n) is 8.15. The van der Waals surface area contributed by atoms with Crippen LogP contribution in [0.5, 0.6) is 5.75 Å². The molecule has 2 heterocycles. The summed E-state index contributed by atoms with van der Waals surface area (Å²) in [7, 11) is 0. The molecule has 0 bridgehead atoms. The molecule has 1 unspecified atom stereocenters. The van der Waals surface area contributed by atoms with Crippen molar-refractivity contribution in [2.24, 2.45) is 5.41 Å². The Balaban J connectivity index is 1.68. The predicted octanol–water partition coefficient (Wildman–Crippen LogP) is 1.64. The van der Waals surface area contributed by atoms with E-state index in [9.17, 15) is 13.6 Å². The number of hydrogen-bond acceptors (Lipinski definition) is 6. The Bertz CT molecular complexity index is 981. The first kappa shape index (κ1) is 20.1. The smallest absolute Gasteiger partial charge is 0.316 e. The van der Waals surface area contributed by atoms with Crippen molar-refractivity contribution in [1.29, 1.82) is 0 Å². The van der Waals surface area contributed by atoms with Crippen LogP contribution in [-0.4, -0.2) is 55.6 Å². The zero-order chi connectivity index (χ0) is 20.6. The Hall–Kier alpha value is -2.23. The first-order valence-corrected chi connectivity index (χ1v) is 10.8. The van der Waals surface area contributed by atoms with Gasteiger partial charge in [0.15, 0.2) is 0 Å². The average Bonchev–Trinajstić information content (AvgIpc) is 3.44. The number of rotatable bonds is 6. The maximum absolute atomic E-state index is 13.3. The number of anilines is 1. The summed E-state index contributed by atoms with van der Waals surface area (Å²) in [5.74, 6) is 0.284. The Morgan fingerprint density at radius 1 is 1.24 bits per heavy atom.